The molecular formula is C55H63FN2O8. The summed E-state index contributed by atoms with van der Waals surface area (Å²) in [6.07, 6.45) is 12.7. The lowest BCUT2D eigenvalue weighted by Crippen LogP contribution is -2.70. The number of allylic oxidation sites excluding steroid dienone is 1. The number of hydrogen-bond donors (Lipinski definition) is 2. The average molecular weight is 899 g/mol. The fourth-order valence-corrected chi connectivity index (χ4v) is 10.8. The first-order valence-electron chi connectivity index (χ1n) is 24.1. The maximum atomic E-state index is 14.9. The lowest BCUT2D eigenvalue weighted by molar-refractivity contribution is -0.258. The molecule has 1 saturated heterocycles. The number of unbranched alkanes of at least 4 members (excludes halogenated alkanes) is 2. The Morgan fingerprint density at radius 2 is 1.62 bits per heavy atom. The summed E-state index contributed by atoms with van der Waals surface area (Å²) >= 11 is 0. The van der Waals surface area contributed by atoms with E-state index in [1.54, 1.807) is 18.2 Å². The minimum atomic E-state index is -1.41. The van der Waals surface area contributed by atoms with Crippen molar-refractivity contribution in [2.45, 2.75) is 108 Å². The Labute approximate surface area is 388 Å². The number of ether oxygens (including phenoxy) is 4. The number of amides is 1. The van der Waals surface area contributed by atoms with Crippen LogP contribution in [0.5, 0.6) is 17.2 Å². The second-order valence-electron chi connectivity index (χ2n) is 18.5. The predicted octanol–water partition coefficient (Wildman–Crippen LogP) is 10.9. The second kappa shape index (κ2) is 21.1. The molecule has 2 saturated carbocycles. The van der Waals surface area contributed by atoms with Gasteiger partial charge in [-0.05, 0) is 128 Å². The van der Waals surface area contributed by atoms with Gasteiger partial charge in [-0.25, -0.2) is 4.39 Å². The quantitative estimate of drug-likeness (QED) is 0.0511. The van der Waals surface area contributed by atoms with E-state index in [-0.39, 0.29) is 68.2 Å². The minimum absolute atomic E-state index is 0.000576. The Morgan fingerprint density at radius 3 is 2.33 bits per heavy atom. The standard InChI is InChI=1S/C55H63FN2O8/c1-2-31-63-55-50(58(54(61)40-19-20-40)36-37-17-23-42(56)24-18-37)35-48(57-66-51-16-8-11-32-62-51)46-33-41(14-6-9-29-59)45(15-7-10-30-60)52(53(46)55)47-34-44(27-28-49(47)65-55)64-43-25-21-39(22-26-43)38-12-4-3-5-13-38/h2-5,12-13,17-18,21-28,33-34,40-41,45,50-53,59-60H,1,6-11,14-16,19-20,29-32,35-36H2/t41-,45+,50-,51?,52+,53+,55+/m0/s1. The SMILES string of the molecule is C=CCO[C@@]12Oc3ccc(Oc4ccc(-c5ccccc5)cc4)cc3[C@H]3[C@H](CCCCO)[C@@H](CCCCO)C=C(C(=NOC4CCCCO4)C[C@@H]1N(Cc1ccc(F)cc1)C(=O)C1CC1)[C@H]32. The Bertz CT molecular complexity index is 2330. The monoisotopic (exact) mass is 898 g/mol. The first-order valence-corrected chi connectivity index (χ1v) is 24.1. The number of benzene rings is 4. The van der Waals surface area contributed by atoms with Crippen LogP contribution >= 0.6 is 0 Å². The Balaban J connectivity index is 1.20. The summed E-state index contributed by atoms with van der Waals surface area (Å²) in [7, 11) is 0. The van der Waals surface area contributed by atoms with Crippen LogP contribution in [0.4, 0.5) is 4.39 Å². The van der Waals surface area contributed by atoms with E-state index in [0.717, 1.165) is 85.6 Å². The highest BCUT2D eigenvalue weighted by Gasteiger charge is 2.66. The first-order chi connectivity index (χ1) is 32.4. The van der Waals surface area contributed by atoms with Gasteiger partial charge in [0.05, 0.1) is 24.8 Å². The van der Waals surface area contributed by atoms with E-state index in [1.165, 1.54) is 12.1 Å². The molecule has 7 atom stereocenters. The van der Waals surface area contributed by atoms with Gasteiger partial charge in [0.2, 0.25) is 18.0 Å². The van der Waals surface area contributed by atoms with Gasteiger partial charge in [0.25, 0.3) is 0 Å². The molecule has 66 heavy (non-hydrogen) atoms. The van der Waals surface area contributed by atoms with Crippen molar-refractivity contribution in [2.75, 3.05) is 26.4 Å². The zero-order valence-electron chi connectivity index (χ0n) is 37.8. The van der Waals surface area contributed by atoms with E-state index < -0.39 is 24.0 Å². The smallest absolute Gasteiger partial charge is 0.239 e. The third-order valence-electron chi connectivity index (χ3n) is 14.1. The van der Waals surface area contributed by atoms with Crippen LogP contribution < -0.4 is 9.47 Å². The fraction of sp³-hybridized carbons (Fsp3) is 0.455. The van der Waals surface area contributed by atoms with E-state index in [0.29, 0.717) is 42.4 Å². The summed E-state index contributed by atoms with van der Waals surface area (Å²) in [5, 5.41) is 25.0. The van der Waals surface area contributed by atoms with Gasteiger partial charge in [-0.1, -0.05) is 84.7 Å². The van der Waals surface area contributed by atoms with Crippen molar-refractivity contribution in [3.63, 3.8) is 0 Å². The van der Waals surface area contributed by atoms with Crippen LogP contribution in [0, 0.1) is 29.5 Å². The number of aliphatic hydroxyl groups is 2. The van der Waals surface area contributed by atoms with Crippen LogP contribution in [-0.2, 0) is 25.7 Å². The molecule has 2 aliphatic heterocycles. The molecule has 2 N–H and O–H groups in total. The maximum Gasteiger partial charge on any atom is 0.239 e. The molecular weight excluding hydrogens is 836 g/mol. The molecule has 3 aliphatic carbocycles. The normalized spacial score (nSPS) is 26.0. The molecule has 0 radical (unpaired) electrons. The summed E-state index contributed by atoms with van der Waals surface area (Å²) in [6, 6.07) is 30.0. The van der Waals surface area contributed by atoms with Crippen LogP contribution in [0.2, 0.25) is 0 Å². The molecule has 10 nitrogen and oxygen atoms in total. The number of oxime groups is 1. The summed E-state index contributed by atoms with van der Waals surface area (Å²) in [6.45, 7) is 5.23. The van der Waals surface area contributed by atoms with Crippen molar-refractivity contribution >= 4 is 11.6 Å². The predicted molar refractivity (Wildman–Crippen MR) is 251 cm³/mol. The number of carbonyl (C=O) groups excluding carboxylic acids is 1. The Kier molecular flexibility index (Phi) is 14.6. The third-order valence-corrected chi connectivity index (χ3v) is 14.1. The van der Waals surface area contributed by atoms with E-state index >= 15 is 0 Å². The minimum Gasteiger partial charge on any atom is -0.459 e. The highest BCUT2D eigenvalue weighted by molar-refractivity contribution is 6.03. The van der Waals surface area contributed by atoms with Crippen molar-refractivity contribution in [3.05, 3.63) is 138 Å². The third kappa shape index (κ3) is 10.0. The summed E-state index contributed by atoms with van der Waals surface area (Å²) < 4.78 is 41.7. The zero-order chi connectivity index (χ0) is 45.5. The molecule has 2 heterocycles. The number of fused-ring (bicyclic) bond motifs is 2. The molecule has 11 heteroatoms. The topological polar surface area (TPSA) is 119 Å². The fourth-order valence-electron chi connectivity index (χ4n) is 10.8. The van der Waals surface area contributed by atoms with Gasteiger partial charge in [-0.15, -0.1) is 6.58 Å². The van der Waals surface area contributed by atoms with Crippen LogP contribution in [-0.4, -0.2) is 71.3 Å². The second-order valence-corrected chi connectivity index (χ2v) is 18.5. The van der Waals surface area contributed by atoms with Crippen molar-refractivity contribution < 1.29 is 43.2 Å². The van der Waals surface area contributed by atoms with Crippen LogP contribution in [0.3, 0.4) is 0 Å². The highest BCUT2D eigenvalue weighted by Crippen LogP contribution is 2.62. The molecule has 5 aliphatic rings. The van der Waals surface area contributed by atoms with E-state index in [1.807, 2.05) is 47.4 Å². The van der Waals surface area contributed by atoms with Gasteiger partial charge in [0.1, 0.15) is 29.1 Å². The van der Waals surface area contributed by atoms with Crippen molar-refractivity contribution in [1.29, 1.82) is 0 Å². The first kappa shape index (κ1) is 45.8. The number of aliphatic hydroxyl groups excluding tert-OH is 2. The van der Waals surface area contributed by atoms with Crippen molar-refractivity contribution in [1.82, 2.24) is 4.90 Å². The highest BCUT2D eigenvalue weighted by atomic mass is 19.1. The summed E-state index contributed by atoms with van der Waals surface area (Å²) in [4.78, 5) is 23.1. The number of rotatable bonds is 20. The van der Waals surface area contributed by atoms with Gasteiger partial charge in [-0.3, -0.25) is 4.79 Å². The van der Waals surface area contributed by atoms with Crippen LogP contribution in [0.1, 0.15) is 94.1 Å². The van der Waals surface area contributed by atoms with E-state index in [9.17, 15) is 19.4 Å². The molecule has 1 amide bonds. The largest absolute Gasteiger partial charge is 0.459 e. The Morgan fingerprint density at radius 1 is 0.879 bits per heavy atom. The van der Waals surface area contributed by atoms with Crippen LogP contribution in [0.15, 0.2) is 127 Å². The molecule has 9 rings (SSSR count). The molecule has 0 spiro atoms. The zero-order valence-corrected chi connectivity index (χ0v) is 37.8. The average Bonchev–Trinajstić information content (AvgIpc) is 4.21. The number of hydrogen-bond acceptors (Lipinski definition) is 9. The molecule has 4 aromatic carbocycles. The summed E-state index contributed by atoms with van der Waals surface area (Å²) in [5.74, 6) is -0.482. The lowest BCUT2D eigenvalue weighted by atomic mass is 9.55. The van der Waals surface area contributed by atoms with Gasteiger partial charge in [0.15, 0.2) is 0 Å². The number of nitrogens with zero attached hydrogens (tertiary/aromatic N) is 2. The maximum absolute atomic E-state index is 14.9. The summed E-state index contributed by atoms with van der Waals surface area (Å²) in [5.41, 5.74) is 5.65. The van der Waals surface area contributed by atoms with Gasteiger partial charge < -0.3 is 38.9 Å². The molecule has 1 unspecified atom stereocenters. The van der Waals surface area contributed by atoms with Gasteiger partial charge >= 0.3 is 0 Å². The lowest BCUT2D eigenvalue weighted by Gasteiger charge is -2.60. The molecule has 3 fully saturated rings. The van der Waals surface area contributed by atoms with E-state index in [2.05, 4.69) is 43.0 Å². The van der Waals surface area contributed by atoms with Crippen molar-refractivity contribution in [2.24, 2.45) is 28.8 Å². The molecule has 348 valence electrons. The van der Waals surface area contributed by atoms with E-state index in [4.69, 9.17) is 28.9 Å². The molecule has 0 bridgehead atoms. The van der Waals surface area contributed by atoms with Crippen molar-refractivity contribution in [3.8, 4) is 28.4 Å². The van der Waals surface area contributed by atoms with Gasteiger partial charge in [0, 0.05) is 50.0 Å². The number of halogens is 1. The molecule has 4 aromatic rings. The van der Waals surface area contributed by atoms with Crippen LogP contribution in [0.25, 0.3) is 11.1 Å². The van der Waals surface area contributed by atoms with Gasteiger partial charge in [-0.2, -0.15) is 0 Å². The number of carbonyl (C=O) groups is 1. The molecule has 0 aromatic heterocycles. The Hall–Kier alpha value is -5.33.